The zero-order valence-corrected chi connectivity index (χ0v) is 8.80. The van der Waals surface area contributed by atoms with E-state index in [1.165, 1.54) is 11.3 Å². The molecule has 0 aliphatic carbocycles. The third-order valence-electron chi connectivity index (χ3n) is 1.19. The van der Waals surface area contributed by atoms with Crippen molar-refractivity contribution in [3.05, 3.63) is 20.8 Å². The van der Waals surface area contributed by atoms with Gasteiger partial charge in [-0.1, -0.05) is 0 Å². The summed E-state index contributed by atoms with van der Waals surface area (Å²) in [4.78, 5) is 12.0. The Kier molecular flexibility index (Phi) is 3.55. The third-order valence-corrected chi connectivity index (χ3v) is 3.26. The highest BCUT2D eigenvalue weighted by Crippen LogP contribution is 2.23. The molecule has 0 aromatic carbocycles. The normalized spacial score (nSPS) is 10.0. The zero-order valence-electron chi connectivity index (χ0n) is 5.64. The van der Waals surface area contributed by atoms with Gasteiger partial charge < -0.3 is 0 Å². The topological polar surface area (TPSA) is 17.1 Å². The number of Topliss-reactive ketones (excluding diaryl/α,β-unsaturated/α-hetero) is 1. The summed E-state index contributed by atoms with van der Waals surface area (Å²) in [6.45, 7) is 0. The van der Waals surface area contributed by atoms with E-state index in [-0.39, 0.29) is 5.78 Å². The number of carbonyl (C=O) groups is 1. The number of hydrogen-bond donors (Lipinski definition) is 0. The second kappa shape index (κ2) is 4.24. The minimum absolute atomic E-state index is 0.113. The number of thiophene rings is 1. The van der Waals surface area contributed by atoms with Gasteiger partial charge in [0, 0.05) is 16.8 Å². The first kappa shape index (κ1) is 9.23. The Morgan fingerprint density at radius 1 is 1.73 bits per heavy atom. The molecular formula is C7H6BrClOS. The molecule has 1 rings (SSSR count). The van der Waals surface area contributed by atoms with Crippen LogP contribution in [0.25, 0.3) is 0 Å². The van der Waals surface area contributed by atoms with E-state index in [2.05, 4.69) is 15.9 Å². The second-order valence-corrected chi connectivity index (χ2v) is 4.11. The Labute approximate surface area is 82.5 Å². The number of rotatable bonds is 3. The summed E-state index contributed by atoms with van der Waals surface area (Å²) in [5.74, 6) is 0.505. The molecule has 1 heterocycles. The van der Waals surface area contributed by atoms with Crippen LogP contribution in [0.4, 0.5) is 0 Å². The van der Waals surface area contributed by atoms with E-state index in [1.54, 1.807) is 0 Å². The molecule has 0 bridgehead atoms. The number of hydrogen-bond acceptors (Lipinski definition) is 2. The predicted octanol–water partition coefficient (Wildman–Crippen LogP) is 3.32. The SMILES string of the molecule is O=C(CCCl)c1sccc1Br. The highest BCUT2D eigenvalue weighted by Gasteiger charge is 2.09. The lowest BCUT2D eigenvalue weighted by atomic mass is 10.3. The van der Waals surface area contributed by atoms with Crippen LogP contribution < -0.4 is 0 Å². The molecule has 0 N–H and O–H groups in total. The molecular weight excluding hydrogens is 247 g/mol. The van der Waals surface area contributed by atoms with Crippen molar-refractivity contribution in [3.63, 3.8) is 0 Å². The Bertz CT molecular complexity index is 259. The molecule has 0 unspecified atom stereocenters. The fourth-order valence-corrected chi connectivity index (χ4v) is 2.43. The van der Waals surface area contributed by atoms with Gasteiger partial charge in [0.05, 0.1) is 4.88 Å². The number of halogens is 2. The van der Waals surface area contributed by atoms with Gasteiger partial charge in [-0.15, -0.1) is 22.9 Å². The van der Waals surface area contributed by atoms with Gasteiger partial charge in [-0.05, 0) is 27.4 Å². The fourth-order valence-electron chi connectivity index (χ4n) is 0.692. The minimum atomic E-state index is 0.113. The summed E-state index contributed by atoms with van der Waals surface area (Å²) in [6, 6.07) is 1.87. The van der Waals surface area contributed by atoms with Crippen LogP contribution in [0.2, 0.25) is 0 Å². The Morgan fingerprint density at radius 2 is 2.45 bits per heavy atom. The molecule has 0 aliphatic rings. The second-order valence-electron chi connectivity index (χ2n) is 1.96. The van der Waals surface area contributed by atoms with Crippen LogP contribution in [0.15, 0.2) is 15.9 Å². The molecule has 0 atom stereocenters. The molecule has 0 spiro atoms. The standard InChI is InChI=1S/C7H6BrClOS/c8-5-2-4-11-7(5)6(10)1-3-9/h2,4H,1,3H2. The zero-order chi connectivity index (χ0) is 8.27. The number of carbonyl (C=O) groups excluding carboxylic acids is 1. The summed E-state index contributed by atoms with van der Waals surface area (Å²) < 4.78 is 0.873. The highest BCUT2D eigenvalue weighted by molar-refractivity contribution is 9.10. The van der Waals surface area contributed by atoms with E-state index in [1.807, 2.05) is 11.4 Å². The fraction of sp³-hybridized carbons (Fsp3) is 0.286. The molecule has 0 radical (unpaired) electrons. The molecule has 0 saturated heterocycles. The highest BCUT2D eigenvalue weighted by atomic mass is 79.9. The van der Waals surface area contributed by atoms with Crippen LogP contribution in [-0.4, -0.2) is 11.7 Å². The maximum Gasteiger partial charge on any atom is 0.175 e. The summed E-state index contributed by atoms with van der Waals surface area (Å²) in [5, 5.41) is 1.88. The van der Waals surface area contributed by atoms with Gasteiger partial charge >= 0.3 is 0 Å². The van der Waals surface area contributed by atoms with E-state index >= 15 is 0 Å². The molecule has 1 nitrogen and oxygen atoms in total. The van der Waals surface area contributed by atoms with E-state index in [4.69, 9.17) is 11.6 Å². The van der Waals surface area contributed by atoms with Crippen LogP contribution in [0.5, 0.6) is 0 Å². The number of ketones is 1. The van der Waals surface area contributed by atoms with Gasteiger partial charge in [0.25, 0.3) is 0 Å². The van der Waals surface area contributed by atoms with Gasteiger partial charge in [-0.2, -0.15) is 0 Å². The Hall–Kier alpha value is 0.140. The molecule has 11 heavy (non-hydrogen) atoms. The Balaban J connectivity index is 2.76. The largest absolute Gasteiger partial charge is 0.293 e. The average molecular weight is 254 g/mol. The predicted molar refractivity (Wildman–Crippen MR) is 51.7 cm³/mol. The lowest BCUT2D eigenvalue weighted by Crippen LogP contribution is -1.96. The van der Waals surface area contributed by atoms with Crippen molar-refractivity contribution in [2.75, 3.05) is 5.88 Å². The molecule has 0 amide bonds. The van der Waals surface area contributed by atoms with E-state index in [0.717, 1.165) is 9.35 Å². The quantitative estimate of drug-likeness (QED) is 0.596. The first-order valence-electron chi connectivity index (χ1n) is 3.08. The molecule has 1 aromatic heterocycles. The van der Waals surface area contributed by atoms with Crippen LogP contribution in [0.1, 0.15) is 16.1 Å². The molecule has 0 fully saturated rings. The summed E-state index contributed by atoms with van der Waals surface area (Å²) in [6.07, 6.45) is 0.417. The maximum atomic E-state index is 11.2. The van der Waals surface area contributed by atoms with E-state index in [0.29, 0.717) is 12.3 Å². The molecule has 0 aliphatic heterocycles. The van der Waals surface area contributed by atoms with Crippen LogP contribution in [-0.2, 0) is 0 Å². The van der Waals surface area contributed by atoms with Crippen molar-refractivity contribution in [2.45, 2.75) is 6.42 Å². The van der Waals surface area contributed by atoms with Gasteiger partial charge in [-0.25, -0.2) is 0 Å². The monoisotopic (exact) mass is 252 g/mol. The summed E-state index contributed by atoms with van der Waals surface area (Å²) in [5.41, 5.74) is 0. The summed E-state index contributed by atoms with van der Waals surface area (Å²) >= 11 is 10.2. The Morgan fingerprint density at radius 3 is 2.91 bits per heavy atom. The third kappa shape index (κ3) is 2.29. The summed E-state index contributed by atoms with van der Waals surface area (Å²) in [7, 11) is 0. The molecule has 0 saturated carbocycles. The number of alkyl halides is 1. The van der Waals surface area contributed by atoms with E-state index < -0.39 is 0 Å². The van der Waals surface area contributed by atoms with Crippen molar-refractivity contribution < 1.29 is 4.79 Å². The van der Waals surface area contributed by atoms with Crippen molar-refractivity contribution in [3.8, 4) is 0 Å². The lowest BCUT2D eigenvalue weighted by molar-refractivity contribution is 0.0992. The smallest absolute Gasteiger partial charge is 0.175 e. The van der Waals surface area contributed by atoms with Crippen LogP contribution in [0, 0.1) is 0 Å². The van der Waals surface area contributed by atoms with Gasteiger partial charge in [0.1, 0.15) is 0 Å². The maximum absolute atomic E-state index is 11.2. The van der Waals surface area contributed by atoms with Crippen molar-refractivity contribution in [2.24, 2.45) is 0 Å². The van der Waals surface area contributed by atoms with Crippen molar-refractivity contribution in [1.29, 1.82) is 0 Å². The van der Waals surface area contributed by atoms with Gasteiger partial charge in [-0.3, -0.25) is 4.79 Å². The molecule has 1 aromatic rings. The first-order valence-corrected chi connectivity index (χ1v) is 5.28. The lowest BCUT2D eigenvalue weighted by Gasteiger charge is -1.93. The first-order chi connectivity index (χ1) is 5.25. The minimum Gasteiger partial charge on any atom is -0.293 e. The van der Waals surface area contributed by atoms with Crippen LogP contribution >= 0.6 is 38.9 Å². The van der Waals surface area contributed by atoms with Crippen molar-refractivity contribution >= 4 is 44.7 Å². The van der Waals surface area contributed by atoms with Gasteiger partial charge in [0.2, 0.25) is 0 Å². The van der Waals surface area contributed by atoms with Crippen molar-refractivity contribution in [1.82, 2.24) is 0 Å². The van der Waals surface area contributed by atoms with Crippen LogP contribution in [0.3, 0.4) is 0 Å². The van der Waals surface area contributed by atoms with E-state index in [9.17, 15) is 4.79 Å². The molecule has 4 heteroatoms. The average Bonchev–Trinajstić information content (AvgIpc) is 2.36. The van der Waals surface area contributed by atoms with Gasteiger partial charge in [0.15, 0.2) is 5.78 Å². The molecule has 60 valence electrons.